The highest BCUT2D eigenvalue weighted by molar-refractivity contribution is 5.12. The van der Waals surface area contributed by atoms with Gasteiger partial charge in [0, 0.05) is 36.3 Å². The lowest BCUT2D eigenvalue weighted by molar-refractivity contribution is -0.162. The van der Waals surface area contributed by atoms with Gasteiger partial charge in [-0.25, -0.2) is 0 Å². The molecule has 2 nitrogen and oxygen atoms in total. The Kier molecular flexibility index (Phi) is 13.4. The standard InChI is InChI=1S/C53H96N2/c1-35-13-23-41(24-14-35)54(43-27-18-38(19-28-43)51(4,5)6)49-46-32-22-40(53(10,11)12)34-48(46)50(45-31-17-37(3)33-47(45)49)55(42-25-15-36(2)16-26-42)44-29-20-39(21-30-44)52(7,8)9/h35-50H,13-34H2,1-12H3. The molecule has 7 saturated carbocycles. The Hall–Kier alpha value is -0.0800. The maximum Gasteiger partial charge on any atom is 0.0164 e. The molecule has 0 amide bonds. The van der Waals surface area contributed by atoms with Gasteiger partial charge in [0.15, 0.2) is 0 Å². The van der Waals surface area contributed by atoms with Crippen molar-refractivity contribution in [3.8, 4) is 0 Å². The zero-order chi connectivity index (χ0) is 39.4. The van der Waals surface area contributed by atoms with E-state index in [0.29, 0.717) is 16.2 Å². The summed E-state index contributed by atoms with van der Waals surface area (Å²) in [6.45, 7) is 30.9. The minimum absolute atomic E-state index is 0.420. The minimum Gasteiger partial charge on any atom is -0.294 e. The van der Waals surface area contributed by atoms with Crippen LogP contribution in [-0.2, 0) is 0 Å². The van der Waals surface area contributed by atoms with Crippen LogP contribution < -0.4 is 0 Å². The molecule has 8 atom stereocenters. The van der Waals surface area contributed by atoms with Crippen molar-refractivity contribution >= 4 is 0 Å². The van der Waals surface area contributed by atoms with Crippen LogP contribution in [0.1, 0.15) is 224 Å². The van der Waals surface area contributed by atoms with Crippen LogP contribution in [0.3, 0.4) is 0 Å². The summed E-state index contributed by atoms with van der Waals surface area (Å²) in [4.78, 5) is 6.96. The molecule has 2 heteroatoms. The summed E-state index contributed by atoms with van der Waals surface area (Å²) in [5, 5.41) is 0. The Bertz CT molecular complexity index is 1180. The molecule has 0 heterocycles. The molecule has 7 rings (SSSR count). The largest absolute Gasteiger partial charge is 0.294 e. The zero-order valence-corrected chi connectivity index (χ0v) is 39.2. The van der Waals surface area contributed by atoms with Gasteiger partial charge < -0.3 is 0 Å². The van der Waals surface area contributed by atoms with Crippen LogP contribution in [0.2, 0.25) is 0 Å². The highest BCUT2D eigenvalue weighted by Crippen LogP contribution is 2.60. The average Bonchev–Trinajstić information content (AvgIpc) is 3.13. The first-order chi connectivity index (χ1) is 25.9. The van der Waals surface area contributed by atoms with E-state index in [2.05, 4.69) is 92.9 Å². The van der Waals surface area contributed by atoms with Gasteiger partial charge in [-0.15, -0.1) is 0 Å². The molecule has 0 radical (unpaired) electrons. The Morgan fingerprint density at radius 2 is 0.582 bits per heavy atom. The van der Waals surface area contributed by atoms with E-state index in [1.54, 1.807) is 0 Å². The molecule has 0 N–H and O–H groups in total. The molecular weight excluding hydrogens is 665 g/mol. The average molecular weight is 761 g/mol. The Morgan fingerprint density at radius 3 is 0.945 bits per heavy atom. The van der Waals surface area contributed by atoms with Crippen molar-refractivity contribution in [2.75, 3.05) is 0 Å². The highest BCUT2D eigenvalue weighted by atomic mass is 15.3. The smallest absolute Gasteiger partial charge is 0.0164 e. The molecule has 0 aromatic rings. The lowest BCUT2D eigenvalue weighted by atomic mass is 9.50. The second-order valence-corrected chi connectivity index (χ2v) is 25.9. The Balaban J connectivity index is 1.30. The van der Waals surface area contributed by atoms with Crippen molar-refractivity contribution in [1.29, 1.82) is 0 Å². The quantitative estimate of drug-likeness (QED) is 0.266. The number of fused-ring (bicyclic) bond motifs is 2. The Labute approximate surface area is 344 Å². The molecule has 7 aliphatic rings. The van der Waals surface area contributed by atoms with Crippen LogP contribution in [0.15, 0.2) is 0 Å². The monoisotopic (exact) mass is 761 g/mol. The van der Waals surface area contributed by atoms with E-state index in [4.69, 9.17) is 0 Å². The lowest BCUT2D eigenvalue weighted by Crippen LogP contribution is -2.69. The fraction of sp³-hybridized carbons (Fsp3) is 1.00. The summed E-state index contributed by atoms with van der Waals surface area (Å²) < 4.78 is 0. The number of nitrogens with zero attached hydrogens (tertiary/aromatic N) is 2. The van der Waals surface area contributed by atoms with Crippen LogP contribution in [-0.4, -0.2) is 46.1 Å². The third-order valence-electron chi connectivity index (χ3n) is 19.3. The molecule has 0 aromatic carbocycles. The van der Waals surface area contributed by atoms with E-state index in [1.807, 2.05) is 0 Å². The first kappa shape index (κ1) is 43.0. The third kappa shape index (κ3) is 9.47. The van der Waals surface area contributed by atoms with E-state index in [-0.39, 0.29) is 0 Å². The van der Waals surface area contributed by atoms with Crippen LogP contribution in [0, 0.1) is 75.4 Å². The van der Waals surface area contributed by atoms with E-state index in [0.717, 1.165) is 95.4 Å². The van der Waals surface area contributed by atoms with E-state index < -0.39 is 0 Å². The van der Waals surface area contributed by atoms with Crippen molar-refractivity contribution in [1.82, 2.24) is 9.80 Å². The van der Waals surface area contributed by atoms with Gasteiger partial charge in [-0.2, -0.15) is 0 Å². The summed E-state index contributed by atoms with van der Waals surface area (Å²) >= 11 is 0. The minimum atomic E-state index is 0.420. The van der Waals surface area contributed by atoms with Crippen molar-refractivity contribution in [2.45, 2.75) is 261 Å². The van der Waals surface area contributed by atoms with Gasteiger partial charge in [0.2, 0.25) is 0 Å². The first-order valence-corrected chi connectivity index (χ1v) is 25.4. The van der Waals surface area contributed by atoms with Crippen LogP contribution >= 0.6 is 0 Å². The molecule has 7 aliphatic carbocycles. The van der Waals surface area contributed by atoms with Crippen LogP contribution in [0.4, 0.5) is 0 Å². The normalized spacial score (nSPS) is 45.3. The van der Waals surface area contributed by atoms with Crippen molar-refractivity contribution < 1.29 is 0 Å². The van der Waals surface area contributed by atoms with Gasteiger partial charge >= 0.3 is 0 Å². The predicted molar refractivity (Wildman–Crippen MR) is 238 cm³/mol. The highest BCUT2D eigenvalue weighted by Gasteiger charge is 2.59. The first-order valence-electron chi connectivity index (χ1n) is 25.4. The van der Waals surface area contributed by atoms with Gasteiger partial charge in [0.25, 0.3) is 0 Å². The summed E-state index contributed by atoms with van der Waals surface area (Å²) in [5.41, 5.74) is 1.34. The van der Waals surface area contributed by atoms with E-state index >= 15 is 0 Å². The van der Waals surface area contributed by atoms with Gasteiger partial charge in [-0.05, 0) is 210 Å². The number of rotatable bonds is 6. The SMILES string of the molecule is CC1CCC(N(C2CCC(C(C)(C)C)CC2)C2C3CCC(C(C)(C)C)CC3C(N(C3CCC(C)CC3)C3CCC(C(C)(C)C)CC3)C3CCC(C)CC32)CC1. The van der Waals surface area contributed by atoms with Crippen molar-refractivity contribution in [2.24, 2.45) is 75.4 Å². The molecule has 8 unspecified atom stereocenters. The fourth-order valence-electron chi connectivity index (χ4n) is 15.7. The van der Waals surface area contributed by atoms with E-state index in [9.17, 15) is 0 Å². The zero-order valence-electron chi connectivity index (χ0n) is 39.2. The predicted octanol–water partition coefficient (Wildman–Crippen LogP) is 14.8. The molecule has 0 spiro atoms. The maximum atomic E-state index is 3.48. The summed E-state index contributed by atoms with van der Waals surface area (Å²) in [7, 11) is 0. The van der Waals surface area contributed by atoms with Gasteiger partial charge in [-0.3, -0.25) is 9.80 Å². The van der Waals surface area contributed by atoms with Crippen molar-refractivity contribution in [3.05, 3.63) is 0 Å². The molecule has 0 aliphatic heterocycles. The molecule has 0 bridgehead atoms. The summed E-state index contributed by atoms with van der Waals surface area (Å²) in [6.07, 6.45) is 32.7. The van der Waals surface area contributed by atoms with Gasteiger partial charge in [0.1, 0.15) is 0 Å². The topological polar surface area (TPSA) is 6.48 Å². The maximum absolute atomic E-state index is 3.48. The van der Waals surface area contributed by atoms with Crippen LogP contribution in [0.5, 0.6) is 0 Å². The molecule has 55 heavy (non-hydrogen) atoms. The summed E-state index contributed by atoms with van der Waals surface area (Å²) in [5.74, 6) is 9.10. The fourth-order valence-corrected chi connectivity index (χ4v) is 15.7. The van der Waals surface area contributed by atoms with Crippen LogP contribution in [0.25, 0.3) is 0 Å². The second kappa shape index (κ2) is 17.1. The van der Waals surface area contributed by atoms with Crippen molar-refractivity contribution in [3.63, 3.8) is 0 Å². The molecular formula is C53H96N2. The van der Waals surface area contributed by atoms with E-state index in [1.165, 1.54) is 141 Å². The number of hydrogen-bond acceptors (Lipinski definition) is 2. The molecule has 7 fully saturated rings. The Morgan fingerprint density at radius 1 is 0.291 bits per heavy atom. The molecule has 318 valence electrons. The second-order valence-electron chi connectivity index (χ2n) is 25.9. The van der Waals surface area contributed by atoms with Gasteiger partial charge in [0.05, 0.1) is 0 Å². The summed E-state index contributed by atoms with van der Waals surface area (Å²) in [6, 6.07) is 5.03. The lowest BCUT2D eigenvalue weighted by Gasteiger charge is -2.66. The third-order valence-corrected chi connectivity index (χ3v) is 19.3. The number of hydrogen-bond donors (Lipinski definition) is 0. The molecule has 0 aromatic heterocycles. The molecule has 0 saturated heterocycles. The van der Waals surface area contributed by atoms with Gasteiger partial charge in [-0.1, -0.05) is 89.5 Å².